The molecule has 9 nitrogen and oxygen atoms in total. The van der Waals surface area contributed by atoms with Crippen LogP contribution >= 0.6 is 0 Å². The molecule has 182 valence electrons. The molecule has 3 aromatic carbocycles. The topological polar surface area (TPSA) is 138 Å². The normalized spacial score (nSPS) is 11.7. The molecule has 1 amide bonds. The Morgan fingerprint density at radius 3 is 2.31 bits per heavy atom. The average molecular weight is 496 g/mol. The van der Waals surface area contributed by atoms with E-state index in [1.807, 2.05) is 13.0 Å². The number of aromatic hydroxyl groups is 1. The Balaban J connectivity index is 2.01. The monoisotopic (exact) mass is 495 g/mol. The van der Waals surface area contributed by atoms with Crippen molar-refractivity contribution in [1.29, 1.82) is 5.26 Å². The van der Waals surface area contributed by atoms with Crippen molar-refractivity contribution in [3.05, 3.63) is 77.9 Å². The van der Waals surface area contributed by atoms with E-state index < -0.39 is 22.0 Å². The zero-order chi connectivity index (χ0) is 25.4. The Labute approximate surface area is 204 Å². The van der Waals surface area contributed by atoms with E-state index in [0.717, 1.165) is 0 Å². The summed E-state index contributed by atoms with van der Waals surface area (Å²) in [5.41, 5.74) is 0.745. The first kappa shape index (κ1) is 25.4. The summed E-state index contributed by atoms with van der Waals surface area (Å²) in [7, 11) is -4.15. The Morgan fingerprint density at radius 1 is 1.00 bits per heavy atom. The number of phenols is 1. The molecule has 0 fully saturated rings. The van der Waals surface area contributed by atoms with Crippen LogP contribution in [0.15, 0.2) is 71.6 Å². The lowest BCUT2D eigenvalue weighted by molar-refractivity contribution is -0.120. The van der Waals surface area contributed by atoms with Crippen molar-refractivity contribution in [2.45, 2.75) is 24.8 Å². The lowest BCUT2D eigenvalue weighted by Gasteiger charge is -2.22. The number of carbonyl (C=O) groups excluding carboxylic acids is 1. The molecule has 0 radical (unpaired) electrons. The summed E-state index contributed by atoms with van der Waals surface area (Å²) < 4.78 is 38.9. The summed E-state index contributed by atoms with van der Waals surface area (Å²) in [6, 6.07) is 17.2. The molecule has 3 N–H and O–H groups in total. The standard InChI is InChI=1S/C25H25N3O6S/c1-3-33-22-13-11-17(14-23(22)34-4-2)24(27-19-12-10-18(16-26)21(29)15-19)25(30)28-35(31,32)20-8-6-5-7-9-20/h5-15,24,27,29H,3-4H2,1-2H3,(H,28,30). The molecule has 35 heavy (non-hydrogen) atoms. The Hall–Kier alpha value is -4.23. The van der Waals surface area contributed by atoms with E-state index in [-0.39, 0.29) is 16.2 Å². The van der Waals surface area contributed by atoms with Crippen molar-refractivity contribution in [3.63, 3.8) is 0 Å². The first-order valence-corrected chi connectivity index (χ1v) is 12.3. The summed E-state index contributed by atoms with van der Waals surface area (Å²) in [5, 5.41) is 22.1. The quantitative estimate of drug-likeness (QED) is 0.387. The molecule has 0 saturated carbocycles. The molecule has 0 bridgehead atoms. The largest absolute Gasteiger partial charge is 0.506 e. The molecule has 3 rings (SSSR count). The summed E-state index contributed by atoms with van der Waals surface area (Å²) in [4.78, 5) is 13.2. The van der Waals surface area contributed by atoms with E-state index >= 15 is 0 Å². The second kappa shape index (κ2) is 11.3. The molecule has 0 heterocycles. The molecule has 1 unspecified atom stereocenters. The molecule has 0 aliphatic carbocycles. The minimum Gasteiger partial charge on any atom is -0.506 e. The predicted molar refractivity (Wildman–Crippen MR) is 130 cm³/mol. The molecular weight excluding hydrogens is 470 g/mol. The maximum Gasteiger partial charge on any atom is 0.264 e. The van der Waals surface area contributed by atoms with Crippen LogP contribution < -0.4 is 19.5 Å². The number of nitrogens with one attached hydrogen (secondary N) is 2. The van der Waals surface area contributed by atoms with Crippen molar-refractivity contribution < 1.29 is 27.8 Å². The highest BCUT2D eigenvalue weighted by Gasteiger charge is 2.27. The maximum atomic E-state index is 13.3. The van der Waals surface area contributed by atoms with Gasteiger partial charge in [-0.3, -0.25) is 4.79 Å². The number of rotatable bonds is 10. The van der Waals surface area contributed by atoms with Crippen molar-refractivity contribution in [1.82, 2.24) is 4.72 Å². The lowest BCUT2D eigenvalue weighted by atomic mass is 10.0. The Bertz CT molecular complexity index is 1340. The van der Waals surface area contributed by atoms with Gasteiger partial charge in [0.2, 0.25) is 0 Å². The molecule has 10 heteroatoms. The number of carbonyl (C=O) groups is 1. The van der Waals surface area contributed by atoms with E-state index in [2.05, 4.69) is 10.0 Å². The molecule has 0 spiro atoms. The van der Waals surface area contributed by atoms with Crippen LogP contribution in [-0.4, -0.2) is 32.6 Å². The highest BCUT2D eigenvalue weighted by atomic mass is 32.2. The van der Waals surface area contributed by atoms with Crippen LogP contribution in [0.2, 0.25) is 0 Å². The van der Waals surface area contributed by atoms with Crippen molar-refractivity contribution in [2.24, 2.45) is 0 Å². The number of hydrogen-bond donors (Lipinski definition) is 3. The molecule has 0 aliphatic heterocycles. The minimum atomic E-state index is -4.15. The predicted octanol–water partition coefficient (Wildman–Crippen LogP) is 3.72. The SMILES string of the molecule is CCOc1ccc(C(Nc2ccc(C#N)c(O)c2)C(=O)NS(=O)(=O)c2ccccc2)cc1OCC. The van der Waals surface area contributed by atoms with Gasteiger partial charge in [0.25, 0.3) is 15.9 Å². The number of ether oxygens (including phenoxy) is 2. The second-order valence-corrected chi connectivity index (χ2v) is 8.96. The van der Waals surface area contributed by atoms with E-state index in [1.165, 1.54) is 30.3 Å². The van der Waals surface area contributed by atoms with Crippen molar-refractivity contribution in [3.8, 4) is 23.3 Å². The van der Waals surface area contributed by atoms with E-state index in [4.69, 9.17) is 14.7 Å². The third kappa shape index (κ3) is 6.22. The van der Waals surface area contributed by atoms with Crippen LogP contribution in [0, 0.1) is 11.3 Å². The Kier molecular flexibility index (Phi) is 8.17. The fourth-order valence-corrected chi connectivity index (χ4v) is 4.30. The fraction of sp³-hybridized carbons (Fsp3) is 0.200. The van der Waals surface area contributed by atoms with Gasteiger partial charge in [-0.05, 0) is 55.8 Å². The number of hydrogen-bond acceptors (Lipinski definition) is 8. The van der Waals surface area contributed by atoms with Gasteiger partial charge in [0.15, 0.2) is 11.5 Å². The number of anilines is 1. The van der Waals surface area contributed by atoms with Crippen LogP contribution in [0.1, 0.15) is 31.0 Å². The van der Waals surface area contributed by atoms with Crippen molar-refractivity contribution >= 4 is 21.6 Å². The number of sulfonamides is 1. The Morgan fingerprint density at radius 2 is 1.69 bits per heavy atom. The van der Waals surface area contributed by atoms with Crippen LogP contribution in [0.5, 0.6) is 17.2 Å². The van der Waals surface area contributed by atoms with Crippen LogP contribution in [0.4, 0.5) is 5.69 Å². The van der Waals surface area contributed by atoms with Gasteiger partial charge in [-0.2, -0.15) is 5.26 Å². The van der Waals surface area contributed by atoms with Crippen LogP contribution in [0.25, 0.3) is 0 Å². The summed E-state index contributed by atoms with van der Waals surface area (Å²) >= 11 is 0. The van der Waals surface area contributed by atoms with E-state index in [0.29, 0.717) is 36.0 Å². The number of nitrogens with zero attached hydrogens (tertiary/aromatic N) is 1. The second-order valence-electron chi connectivity index (χ2n) is 7.28. The molecule has 0 aliphatic rings. The number of benzene rings is 3. The van der Waals surface area contributed by atoms with Crippen LogP contribution in [-0.2, 0) is 14.8 Å². The molecule has 3 aromatic rings. The minimum absolute atomic E-state index is 0.0582. The smallest absolute Gasteiger partial charge is 0.264 e. The van der Waals surface area contributed by atoms with Gasteiger partial charge < -0.3 is 19.9 Å². The summed E-state index contributed by atoms with van der Waals surface area (Å²) in [5.74, 6) is -0.273. The third-order valence-corrected chi connectivity index (χ3v) is 6.24. The number of phenolic OH excluding ortho intramolecular Hbond substituents is 1. The van der Waals surface area contributed by atoms with Gasteiger partial charge in [-0.25, -0.2) is 13.1 Å². The van der Waals surface area contributed by atoms with Gasteiger partial charge >= 0.3 is 0 Å². The summed E-state index contributed by atoms with van der Waals surface area (Å²) in [6.45, 7) is 4.38. The highest BCUT2D eigenvalue weighted by molar-refractivity contribution is 7.90. The molecule has 1 atom stereocenters. The highest BCUT2D eigenvalue weighted by Crippen LogP contribution is 2.33. The molecule has 0 saturated heterocycles. The maximum absolute atomic E-state index is 13.3. The van der Waals surface area contributed by atoms with Gasteiger partial charge in [-0.15, -0.1) is 0 Å². The van der Waals surface area contributed by atoms with Crippen LogP contribution in [0.3, 0.4) is 0 Å². The molecular formula is C25H25N3O6S. The van der Waals surface area contributed by atoms with Gasteiger partial charge in [0, 0.05) is 11.8 Å². The van der Waals surface area contributed by atoms with Gasteiger partial charge in [-0.1, -0.05) is 24.3 Å². The number of amides is 1. The fourth-order valence-electron chi connectivity index (χ4n) is 3.28. The van der Waals surface area contributed by atoms with E-state index in [1.54, 1.807) is 43.3 Å². The zero-order valence-corrected chi connectivity index (χ0v) is 20.0. The lowest BCUT2D eigenvalue weighted by Crippen LogP contribution is -2.37. The van der Waals surface area contributed by atoms with Crippen molar-refractivity contribution in [2.75, 3.05) is 18.5 Å². The first-order chi connectivity index (χ1) is 16.8. The van der Waals surface area contributed by atoms with Gasteiger partial charge in [0.05, 0.1) is 23.7 Å². The average Bonchev–Trinajstić information content (AvgIpc) is 2.84. The zero-order valence-electron chi connectivity index (χ0n) is 19.2. The third-order valence-electron chi connectivity index (χ3n) is 4.88. The molecule has 0 aromatic heterocycles. The summed E-state index contributed by atoms with van der Waals surface area (Å²) in [6.07, 6.45) is 0. The van der Waals surface area contributed by atoms with E-state index in [9.17, 15) is 18.3 Å². The van der Waals surface area contributed by atoms with Gasteiger partial charge in [0.1, 0.15) is 17.9 Å². The first-order valence-electron chi connectivity index (χ1n) is 10.8. The number of nitriles is 1.